The number of thioether (sulfide) groups is 1. The summed E-state index contributed by atoms with van der Waals surface area (Å²) in [5.74, 6) is 3.17. The first-order chi connectivity index (χ1) is 7.18. The molecule has 1 aromatic carbocycles. The Morgan fingerprint density at radius 1 is 1.27 bits per heavy atom. The summed E-state index contributed by atoms with van der Waals surface area (Å²) in [6, 6.07) is 7.83. The molecule has 0 spiro atoms. The number of anilines is 1. The van der Waals surface area contributed by atoms with Gasteiger partial charge in [0.2, 0.25) is 0 Å². The zero-order valence-corrected chi connectivity index (χ0v) is 10.9. The predicted octanol–water partition coefficient (Wildman–Crippen LogP) is 4.14. The highest BCUT2D eigenvalue weighted by atomic mass is 35.5. The quantitative estimate of drug-likeness (QED) is 0.754. The average molecular weight is 244 g/mol. The molecule has 0 aliphatic rings. The fourth-order valence-electron chi connectivity index (χ4n) is 1.15. The maximum atomic E-state index is 5.80. The molecule has 1 N–H and O–H groups in total. The molecule has 0 atom stereocenters. The molecular weight excluding hydrogens is 226 g/mol. The van der Waals surface area contributed by atoms with Crippen LogP contribution in [-0.4, -0.2) is 18.1 Å². The van der Waals surface area contributed by atoms with E-state index in [9.17, 15) is 0 Å². The normalized spacial score (nSPS) is 10.7. The van der Waals surface area contributed by atoms with Crippen molar-refractivity contribution in [3.05, 3.63) is 29.3 Å². The summed E-state index contributed by atoms with van der Waals surface area (Å²) in [6.45, 7) is 5.51. The maximum Gasteiger partial charge on any atom is 0.0407 e. The summed E-state index contributed by atoms with van der Waals surface area (Å²) < 4.78 is 0. The van der Waals surface area contributed by atoms with Gasteiger partial charge in [-0.3, -0.25) is 0 Å². The smallest absolute Gasteiger partial charge is 0.0407 e. The molecule has 0 saturated carbocycles. The van der Waals surface area contributed by atoms with Crippen LogP contribution in [0, 0.1) is 5.92 Å². The third-order valence-corrected chi connectivity index (χ3v) is 3.52. The highest BCUT2D eigenvalue weighted by molar-refractivity contribution is 7.99. The van der Waals surface area contributed by atoms with Gasteiger partial charge in [0.15, 0.2) is 0 Å². The molecule has 1 nitrogen and oxygen atoms in total. The van der Waals surface area contributed by atoms with Crippen molar-refractivity contribution in [2.24, 2.45) is 5.92 Å². The van der Waals surface area contributed by atoms with Crippen LogP contribution in [0.2, 0.25) is 5.02 Å². The summed E-state index contributed by atoms with van der Waals surface area (Å²) in [7, 11) is 0. The van der Waals surface area contributed by atoms with Crippen LogP contribution in [0.5, 0.6) is 0 Å². The van der Waals surface area contributed by atoms with Gasteiger partial charge in [0.1, 0.15) is 0 Å². The Morgan fingerprint density at radius 2 is 1.93 bits per heavy atom. The van der Waals surface area contributed by atoms with Gasteiger partial charge in [-0.15, -0.1) is 0 Å². The van der Waals surface area contributed by atoms with Crippen molar-refractivity contribution in [1.29, 1.82) is 0 Å². The van der Waals surface area contributed by atoms with Crippen LogP contribution < -0.4 is 5.32 Å². The number of halogens is 1. The first-order valence-electron chi connectivity index (χ1n) is 5.25. The van der Waals surface area contributed by atoms with Crippen LogP contribution in [0.15, 0.2) is 24.3 Å². The van der Waals surface area contributed by atoms with Crippen LogP contribution in [-0.2, 0) is 0 Å². The molecule has 0 unspecified atom stereocenters. The Bertz CT molecular complexity index is 271. The van der Waals surface area contributed by atoms with Gasteiger partial charge in [-0.25, -0.2) is 0 Å². The minimum atomic E-state index is 0.783. The van der Waals surface area contributed by atoms with Gasteiger partial charge in [-0.05, 0) is 35.9 Å². The SMILES string of the molecule is CC(C)CSCCNc1ccc(Cl)cc1. The summed E-state index contributed by atoms with van der Waals surface area (Å²) in [5.41, 5.74) is 1.14. The van der Waals surface area contributed by atoms with E-state index in [1.54, 1.807) is 0 Å². The molecule has 0 amide bonds. The lowest BCUT2D eigenvalue weighted by molar-refractivity contribution is 0.750. The molecule has 0 aliphatic carbocycles. The van der Waals surface area contributed by atoms with Crippen LogP contribution >= 0.6 is 23.4 Å². The van der Waals surface area contributed by atoms with Crippen molar-refractivity contribution in [2.75, 3.05) is 23.4 Å². The van der Waals surface area contributed by atoms with Gasteiger partial charge in [0, 0.05) is 23.0 Å². The molecule has 0 aliphatic heterocycles. The second-order valence-corrected chi connectivity index (χ2v) is 5.49. The van der Waals surface area contributed by atoms with E-state index in [2.05, 4.69) is 19.2 Å². The van der Waals surface area contributed by atoms with Gasteiger partial charge in [0.25, 0.3) is 0 Å². The zero-order chi connectivity index (χ0) is 11.1. The molecule has 3 heteroatoms. The Kier molecular flexibility index (Phi) is 5.96. The number of nitrogens with one attached hydrogen (secondary N) is 1. The van der Waals surface area contributed by atoms with Crippen molar-refractivity contribution in [3.8, 4) is 0 Å². The van der Waals surface area contributed by atoms with E-state index in [1.807, 2.05) is 36.0 Å². The van der Waals surface area contributed by atoms with Crippen molar-refractivity contribution in [2.45, 2.75) is 13.8 Å². The molecule has 0 bridgehead atoms. The van der Waals surface area contributed by atoms with E-state index in [0.29, 0.717) is 0 Å². The van der Waals surface area contributed by atoms with Gasteiger partial charge in [-0.2, -0.15) is 11.8 Å². The first-order valence-corrected chi connectivity index (χ1v) is 6.79. The van der Waals surface area contributed by atoms with E-state index in [4.69, 9.17) is 11.6 Å². The summed E-state index contributed by atoms with van der Waals surface area (Å²) >= 11 is 7.79. The van der Waals surface area contributed by atoms with Crippen molar-refractivity contribution < 1.29 is 0 Å². The van der Waals surface area contributed by atoms with Crippen LogP contribution in [0.25, 0.3) is 0 Å². The molecule has 0 saturated heterocycles. The van der Waals surface area contributed by atoms with Crippen LogP contribution in [0.4, 0.5) is 5.69 Å². The highest BCUT2D eigenvalue weighted by Gasteiger charge is 1.95. The number of benzene rings is 1. The van der Waals surface area contributed by atoms with E-state index in [1.165, 1.54) is 5.75 Å². The number of rotatable bonds is 6. The third kappa shape index (κ3) is 5.95. The monoisotopic (exact) mass is 243 g/mol. The summed E-state index contributed by atoms with van der Waals surface area (Å²) in [6.07, 6.45) is 0. The Labute approximate surface area is 102 Å². The molecule has 1 rings (SSSR count). The van der Waals surface area contributed by atoms with Crippen LogP contribution in [0.3, 0.4) is 0 Å². The predicted molar refractivity (Wildman–Crippen MR) is 72.1 cm³/mol. The Hall–Kier alpha value is -0.340. The van der Waals surface area contributed by atoms with Crippen LogP contribution in [0.1, 0.15) is 13.8 Å². The second kappa shape index (κ2) is 7.02. The summed E-state index contributed by atoms with van der Waals surface area (Å²) in [5, 5.41) is 4.15. The molecule has 0 radical (unpaired) electrons. The topological polar surface area (TPSA) is 12.0 Å². The third-order valence-electron chi connectivity index (χ3n) is 1.87. The molecule has 0 heterocycles. The lowest BCUT2D eigenvalue weighted by Gasteiger charge is -2.07. The minimum absolute atomic E-state index is 0.783. The van der Waals surface area contributed by atoms with E-state index >= 15 is 0 Å². The Balaban J connectivity index is 2.12. The standard InChI is InChI=1S/C12H18ClNS/c1-10(2)9-15-8-7-14-12-5-3-11(13)4-6-12/h3-6,10,14H,7-9H2,1-2H3. The van der Waals surface area contributed by atoms with Crippen molar-refractivity contribution in [1.82, 2.24) is 0 Å². The second-order valence-electron chi connectivity index (χ2n) is 3.90. The van der Waals surface area contributed by atoms with Gasteiger partial charge in [-0.1, -0.05) is 25.4 Å². The first kappa shape index (κ1) is 12.7. The van der Waals surface area contributed by atoms with Crippen molar-refractivity contribution in [3.63, 3.8) is 0 Å². The molecule has 1 aromatic rings. The van der Waals surface area contributed by atoms with Gasteiger partial charge in [0.05, 0.1) is 0 Å². The number of hydrogen-bond donors (Lipinski definition) is 1. The fraction of sp³-hybridized carbons (Fsp3) is 0.500. The lowest BCUT2D eigenvalue weighted by Crippen LogP contribution is -2.05. The number of hydrogen-bond acceptors (Lipinski definition) is 2. The molecule has 0 fully saturated rings. The molecular formula is C12H18ClNS. The fourth-order valence-corrected chi connectivity index (χ4v) is 2.16. The van der Waals surface area contributed by atoms with Gasteiger partial charge < -0.3 is 5.32 Å². The molecule has 84 valence electrons. The summed E-state index contributed by atoms with van der Waals surface area (Å²) in [4.78, 5) is 0. The minimum Gasteiger partial charge on any atom is -0.384 e. The van der Waals surface area contributed by atoms with E-state index in [-0.39, 0.29) is 0 Å². The van der Waals surface area contributed by atoms with E-state index in [0.717, 1.165) is 28.9 Å². The van der Waals surface area contributed by atoms with Gasteiger partial charge >= 0.3 is 0 Å². The zero-order valence-electron chi connectivity index (χ0n) is 9.29. The average Bonchev–Trinajstić information content (AvgIpc) is 2.20. The lowest BCUT2D eigenvalue weighted by atomic mass is 10.3. The van der Waals surface area contributed by atoms with Crippen molar-refractivity contribution >= 4 is 29.1 Å². The highest BCUT2D eigenvalue weighted by Crippen LogP contribution is 2.13. The molecule has 15 heavy (non-hydrogen) atoms. The largest absolute Gasteiger partial charge is 0.384 e. The maximum absolute atomic E-state index is 5.80. The molecule has 0 aromatic heterocycles. The van der Waals surface area contributed by atoms with E-state index < -0.39 is 0 Å². The Morgan fingerprint density at radius 3 is 2.53 bits per heavy atom.